The Labute approximate surface area is 111 Å². The Kier molecular flexibility index (Phi) is 2.98. The van der Waals surface area contributed by atoms with Crippen LogP contribution >= 0.6 is 0 Å². The Balaban J connectivity index is 2.09. The first-order valence-electron chi connectivity index (χ1n) is 6.46. The highest BCUT2D eigenvalue weighted by molar-refractivity contribution is 5.95. The molecule has 3 rings (SSSR count). The number of carbonyl (C=O) groups excluding carboxylic acids is 1. The van der Waals surface area contributed by atoms with Gasteiger partial charge in [0, 0.05) is 24.9 Å². The van der Waals surface area contributed by atoms with Crippen LogP contribution in [-0.2, 0) is 11.8 Å². The predicted molar refractivity (Wildman–Crippen MR) is 72.3 cm³/mol. The smallest absolute Gasteiger partial charge is 0.337 e. The summed E-state index contributed by atoms with van der Waals surface area (Å²) in [5, 5.41) is 9.11. The maximum atomic E-state index is 11.6. The second-order valence-corrected chi connectivity index (χ2v) is 4.92. The van der Waals surface area contributed by atoms with Gasteiger partial charge in [0.25, 0.3) is 0 Å². The number of nitrogens with one attached hydrogen (secondary N) is 1. The number of rotatable bonds is 2. The van der Waals surface area contributed by atoms with Crippen molar-refractivity contribution in [2.75, 3.05) is 20.2 Å². The van der Waals surface area contributed by atoms with Crippen LogP contribution in [0.25, 0.3) is 10.9 Å². The summed E-state index contributed by atoms with van der Waals surface area (Å²) in [5.74, 6) is 0.153. The molecular weight excluding hydrogens is 242 g/mol. The molecule has 0 saturated carbocycles. The van der Waals surface area contributed by atoms with Crippen molar-refractivity contribution in [1.82, 2.24) is 15.1 Å². The van der Waals surface area contributed by atoms with Gasteiger partial charge in [-0.05, 0) is 25.1 Å². The van der Waals surface area contributed by atoms with Crippen LogP contribution in [-0.4, -0.2) is 35.9 Å². The van der Waals surface area contributed by atoms with Gasteiger partial charge >= 0.3 is 5.97 Å². The third-order valence-corrected chi connectivity index (χ3v) is 3.75. The summed E-state index contributed by atoms with van der Waals surface area (Å²) in [4.78, 5) is 11.6. The first-order valence-corrected chi connectivity index (χ1v) is 6.46. The molecule has 2 heterocycles. The van der Waals surface area contributed by atoms with E-state index in [0.29, 0.717) is 11.5 Å². The molecule has 0 bridgehead atoms. The fourth-order valence-corrected chi connectivity index (χ4v) is 2.72. The van der Waals surface area contributed by atoms with Crippen molar-refractivity contribution in [2.45, 2.75) is 12.3 Å². The molecule has 0 spiro atoms. The van der Waals surface area contributed by atoms with Gasteiger partial charge in [-0.1, -0.05) is 6.07 Å². The van der Waals surface area contributed by atoms with Crippen molar-refractivity contribution < 1.29 is 9.53 Å². The van der Waals surface area contributed by atoms with Crippen molar-refractivity contribution in [2.24, 2.45) is 7.05 Å². The number of ether oxygens (including phenoxy) is 1. The highest BCUT2D eigenvalue weighted by Gasteiger charge is 2.22. The minimum atomic E-state index is -0.313. The number of benzene rings is 1. The van der Waals surface area contributed by atoms with Gasteiger partial charge in [-0.3, -0.25) is 4.68 Å². The van der Waals surface area contributed by atoms with Crippen LogP contribution in [0.2, 0.25) is 0 Å². The Morgan fingerprint density at radius 1 is 1.53 bits per heavy atom. The standard InChI is InChI=1S/C14H17N3O2/c1-17-12-7-9(14(18)19-2)3-4-11(12)13(16-17)10-5-6-15-8-10/h3-4,7,10,15H,5-6,8H2,1-2H3. The second-order valence-electron chi connectivity index (χ2n) is 4.92. The van der Waals surface area contributed by atoms with E-state index < -0.39 is 0 Å². The lowest BCUT2D eigenvalue weighted by Crippen LogP contribution is -2.08. The lowest BCUT2D eigenvalue weighted by Gasteiger charge is -2.04. The summed E-state index contributed by atoms with van der Waals surface area (Å²) in [6.45, 7) is 2.02. The van der Waals surface area contributed by atoms with Crippen molar-refractivity contribution in [1.29, 1.82) is 0 Å². The fraction of sp³-hybridized carbons (Fsp3) is 0.429. The van der Waals surface area contributed by atoms with E-state index in [2.05, 4.69) is 10.4 Å². The zero-order chi connectivity index (χ0) is 13.4. The van der Waals surface area contributed by atoms with Crippen molar-refractivity contribution in [3.05, 3.63) is 29.5 Å². The van der Waals surface area contributed by atoms with Crippen molar-refractivity contribution in [3.8, 4) is 0 Å². The molecule has 1 N–H and O–H groups in total. The molecule has 1 aromatic carbocycles. The van der Waals surface area contributed by atoms with Crippen molar-refractivity contribution in [3.63, 3.8) is 0 Å². The zero-order valence-corrected chi connectivity index (χ0v) is 11.1. The van der Waals surface area contributed by atoms with E-state index in [1.54, 1.807) is 0 Å². The Bertz CT molecular complexity index is 627. The zero-order valence-electron chi connectivity index (χ0n) is 11.1. The van der Waals surface area contributed by atoms with Gasteiger partial charge < -0.3 is 10.1 Å². The van der Waals surface area contributed by atoms with Crippen LogP contribution in [0.15, 0.2) is 18.2 Å². The monoisotopic (exact) mass is 259 g/mol. The number of carbonyl (C=O) groups is 1. The highest BCUT2D eigenvalue weighted by Crippen LogP contribution is 2.29. The van der Waals surface area contributed by atoms with E-state index in [0.717, 1.165) is 36.1 Å². The minimum Gasteiger partial charge on any atom is -0.465 e. The van der Waals surface area contributed by atoms with E-state index in [-0.39, 0.29) is 5.97 Å². The normalized spacial score (nSPS) is 18.9. The Morgan fingerprint density at radius 2 is 2.37 bits per heavy atom. The number of methoxy groups -OCH3 is 1. The third kappa shape index (κ3) is 2.00. The Hall–Kier alpha value is -1.88. The molecule has 1 atom stereocenters. The van der Waals surface area contributed by atoms with Crippen LogP contribution in [0.4, 0.5) is 0 Å². The average Bonchev–Trinajstić information content (AvgIpc) is 3.06. The van der Waals surface area contributed by atoms with Crippen molar-refractivity contribution >= 4 is 16.9 Å². The number of fused-ring (bicyclic) bond motifs is 1. The van der Waals surface area contributed by atoms with Gasteiger partial charge in [-0.15, -0.1) is 0 Å². The van der Waals surface area contributed by atoms with Crippen LogP contribution in [0, 0.1) is 0 Å². The van der Waals surface area contributed by atoms with Gasteiger partial charge in [-0.2, -0.15) is 5.10 Å². The topological polar surface area (TPSA) is 56.1 Å². The van der Waals surface area contributed by atoms with Gasteiger partial charge in [-0.25, -0.2) is 4.79 Å². The van der Waals surface area contributed by atoms with Crippen LogP contribution in [0.5, 0.6) is 0 Å². The summed E-state index contributed by atoms with van der Waals surface area (Å²) in [7, 11) is 3.31. The number of aromatic nitrogens is 2. The molecule has 0 radical (unpaired) electrons. The maximum Gasteiger partial charge on any atom is 0.337 e. The van der Waals surface area contributed by atoms with Gasteiger partial charge in [0.1, 0.15) is 0 Å². The SMILES string of the molecule is COC(=O)c1ccc2c(C3CCNC3)nn(C)c2c1. The van der Waals surface area contributed by atoms with Gasteiger partial charge in [0.15, 0.2) is 0 Å². The quantitative estimate of drug-likeness (QED) is 0.829. The van der Waals surface area contributed by atoms with E-state index >= 15 is 0 Å². The minimum absolute atomic E-state index is 0.313. The van der Waals surface area contributed by atoms with E-state index in [9.17, 15) is 4.79 Å². The number of esters is 1. The average molecular weight is 259 g/mol. The summed E-state index contributed by atoms with van der Waals surface area (Å²) in [6, 6.07) is 5.63. The largest absolute Gasteiger partial charge is 0.465 e. The Morgan fingerprint density at radius 3 is 3.05 bits per heavy atom. The predicted octanol–water partition coefficient (Wildman–Crippen LogP) is 1.44. The molecule has 5 nitrogen and oxygen atoms in total. The lowest BCUT2D eigenvalue weighted by molar-refractivity contribution is 0.0601. The van der Waals surface area contributed by atoms with Crippen LogP contribution in [0.3, 0.4) is 0 Å². The molecule has 0 aliphatic carbocycles. The van der Waals surface area contributed by atoms with Gasteiger partial charge in [0.2, 0.25) is 0 Å². The number of nitrogens with zero attached hydrogens (tertiary/aromatic N) is 2. The van der Waals surface area contributed by atoms with Gasteiger partial charge in [0.05, 0.1) is 23.9 Å². The number of hydrogen-bond acceptors (Lipinski definition) is 4. The van der Waals surface area contributed by atoms with E-state index in [1.807, 2.05) is 29.9 Å². The molecule has 1 aliphatic rings. The number of aryl methyl sites for hydroxylation is 1. The summed E-state index contributed by atoms with van der Waals surface area (Å²) in [6.07, 6.45) is 1.12. The molecule has 1 fully saturated rings. The fourth-order valence-electron chi connectivity index (χ4n) is 2.72. The van der Waals surface area contributed by atoms with E-state index in [4.69, 9.17) is 4.74 Å². The molecule has 1 aromatic heterocycles. The van der Waals surface area contributed by atoms with Crippen LogP contribution in [0.1, 0.15) is 28.4 Å². The number of hydrogen-bond donors (Lipinski definition) is 1. The summed E-state index contributed by atoms with van der Waals surface area (Å²) < 4.78 is 6.60. The third-order valence-electron chi connectivity index (χ3n) is 3.75. The molecule has 19 heavy (non-hydrogen) atoms. The summed E-state index contributed by atoms with van der Waals surface area (Å²) >= 11 is 0. The maximum absolute atomic E-state index is 11.6. The molecule has 2 aromatic rings. The first-order chi connectivity index (χ1) is 9.20. The summed E-state index contributed by atoms with van der Waals surface area (Å²) in [5.41, 5.74) is 2.66. The van der Waals surface area contributed by atoms with E-state index in [1.165, 1.54) is 7.11 Å². The molecule has 1 saturated heterocycles. The molecular formula is C14H17N3O2. The second kappa shape index (κ2) is 4.66. The molecule has 100 valence electrons. The molecule has 5 heteroatoms. The first kappa shape index (κ1) is 12.2. The highest BCUT2D eigenvalue weighted by atomic mass is 16.5. The lowest BCUT2D eigenvalue weighted by atomic mass is 10.0. The van der Waals surface area contributed by atoms with Crippen LogP contribution < -0.4 is 5.32 Å². The molecule has 1 unspecified atom stereocenters. The molecule has 1 aliphatic heterocycles. The molecule has 0 amide bonds.